The van der Waals surface area contributed by atoms with Crippen molar-refractivity contribution in [2.45, 2.75) is 90.1 Å². The van der Waals surface area contributed by atoms with Gasteiger partial charge in [0.25, 0.3) is 5.91 Å². The third-order valence-corrected chi connectivity index (χ3v) is 10.9. The van der Waals surface area contributed by atoms with Crippen molar-refractivity contribution in [1.29, 1.82) is 0 Å². The lowest BCUT2D eigenvalue weighted by Gasteiger charge is -2.21. The Bertz CT molecular complexity index is 1920. The zero-order chi connectivity index (χ0) is 37.8. The van der Waals surface area contributed by atoms with Crippen LogP contribution in [0.2, 0.25) is 0 Å². The minimum absolute atomic E-state index is 0.0254. The van der Waals surface area contributed by atoms with Gasteiger partial charge in [0.1, 0.15) is 17.8 Å². The summed E-state index contributed by atoms with van der Waals surface area (Å²) in [5, 5.41) is 17.1. The number of carboxylic acids is 1. The second-order valence-corrected chi connectivity index (χ2v) is 15.8. The lowest BCUT2D eigenvalue weighted by Crippen LogP contribution is -2.53. The third kappa shape index (κ3) is 11.5. The molecule has 5 aromatic rings. The van der Waals surface area contributed by atoms with Crippen molar-refractivity contribution in [2.24, 2.45) is 0 Å². The predicted molar refractivity (Wildman–Crippen MR) is 211 cm³/mol. The van der Waals surface area contributed by atoms with Gasteiger partial charge >= 0.3 is 5.97 Å². The van der Waals surface area contributed by atoms with Crippen LogP contribution in [-0.2, 0) is 27.8 Å². The molecule has 0 aliphatic heterocycles. The molecule has 3 heterocycles. The second kappa shape index (κ2) is 18.7. The molecule has 3 N–H and O–H groups in total. The number of benzene rings is 2. The molecule has 278 valence electrons. The first kappa shape index (κ1) is 39.3. The fourth-order valence-electron chi connectivity index (χ4n) is 5.61. The van der Waals surface area contributed by atoms with E-state index >= 15 is 0 Å². The Labute approximate surface area is 319 Å². The van der Waals surface area contributed by atoms with Gasteiger partial charge in [-0.25, -0.2) is 19.7 Å². The van der Waals surface area contributed by atoms with Gasteiger partial charge in [-0.3, -0.25) is 9.59 Å². The van der Waals surface area contributed by atoms with Crippen LogP contribution in [0.25, 0.3) is 22.5 Å². The van der Waals surface area contributed by atoms with Crippen molar-refractivity contribution >= 4 is 40.5 Å². The Balaban J connectivity index is 1.25. The Morgan fingerprint density at radius 1 is 0.792 bits per heavy atom. The first-order valence-corrected chi connectivity index (χ1v) is 19.7. The van der Waals surface area contributed by atoms with Crippen molar-refractivity contribution in [3.8, 4) is 28.3 Å². The molecule has 2 unspecified atom stereocenters. The van der Waals surface area contributed by atoms with Gasteiger partial charge in [0.05, 0.1) is 22.7 Å². The van der Waals surface area contributed by atoms with Crippen LogP contribution in [0.1, 0.15) is 85.6 Å². The maximum absolute atomic E-state index is 13.6. The number of aromatic nitrogens is 3. The standard InChI is InChI=1S/C41H47N5O5S2/c1-5-6-7-8-9-20-51-32-16-14-28(15-17-32)30-23-42-37(43-24-30)29-12-10-27(11-13-29)21-33(45-39(48)35-18-19-36(53-35)41(2,3)4)38(47)46-34(40(49)50)22-31-25-52-26-44-31/h10-19,23-26,33-34H,5-9,20-22H2,1-4H3,(H,45,48)(H,46,47)(H,49,50). The molecule has 0 fully saturated rings. The number of carboxylic acid groups (broad SMARTS) is 1. The van der Waals surface area contributed by atoms with E-state index in [2.05, 4.69) is 53.3 Å². The number of carbonyl (C=O) groups excluding carboxylic acids is 2. The summed E-state index contributed by atoms with van der Waals surface area (Å²) in [5.41, 5.74) is 5.47. The van der Waals surface area contributed by atoms with E-state index in [1.165, 1.54) is 48.4 Å². The van der Waals surface area contributed by atoms with Gasteiger partial charge in [0.2, 0.25) is 5.91 Å². The number of aliphatic carboxylic acids is 1. The number of thiazole rings is 1. The maximum atomic E-state index is 13.6. The summed E-state index contributed by atoms with van der Waals surface area (Å²) in [6, 6.07) is 16.8. The highest BCUT2D eigenvalue weighted by Gasteiger charge is 2.29. The fraction of sp³-hybridized carbons (Fsp3) is 0.366. The molecule has 0 saturated carbocycles. The molecule has 0 spiro atoms. The molecule has 12 heteroatoms. The van der Waals surface area contributed by atoms with Gasteiger partial charge in [-0.2, -0.15) is 0 Å². The van der Waals surface area contributed by atoms with Gasteiger partial charge in [-0.15, -0.1) is 22.7 Å². The second-order valence-electron chi connectivity index (χ2n) is 14.0. The first-order chi connectivity index (χ1) is 25.5. The highest BCUT2D eigenvalue weighted by molar-refractivity contribution is 7.14. The molecule has 2 atom stereocenters. The molecule has 53 heavy (non-hydrogen) atoms. The smallest absolute Gasteiger partial charge is 0.326 e. The Morgan fingerprint density at radius 2 is 1.49 bits per heavy atom. The first-order valence-electron chi connectivity index (χ1n) is 18.0. The van der Waals surface area contributed by atoms with Gasteiger partial charge in [0.15, 0.2) is 5.82 Å². The highest BCUT2D eigenvalue weighted by atomic mass is 32.1. The number of amides is 2. The lowest BCUT2D eigenvalue weighted by molar-refractivity contribution is -0.142. The van der Waals surface area contributed by atoms with Crippen molar-refractivity contribution < 1.29 is 24.2 Å². The number of hydrogen-bond acceptors (Lipinski definition) is 9. The number of ether oxygens (including phenoxy) is 1. The Kier molecular flexibility index (Phi) is 13.9. The topological polar surface area (TPSA) is 143 Å². The van der Waals surface area contributed by atoms with Gasteiger partial charge in [0, 0.05) is 46.6 Å². The van der Waals surface area contributed by atoms with Gasteiger partial charge in [-0.05, 0) is 47.2 Å². The Morgan fingerprint density at radius 3 is 2.11 bits per heavy atom. The fourth-order valence-corrected chi connectivity index (χ4v) is 7.15. The summed E-state index contributed by atoms with van der Waals surface area (Å²) in [4.78, 5) is 54.0. The van der Waals surface area contributed by atoms with Crippen LogP contribution in [0.15, 0.2) is 83.9 Å². The van der Waals surface area contributed by atoms with Crippen LogP contribution >= 0.6 is 22.7 Å². The zero-order valence-electron chi connectivity index (χ0n) is 30.6. The van der Waals surface area contributed by atoms with E-state index in [-0.39, 0.29) is 18.3 Å². The molecule has 0 aliphatic rings. The molecular formula is C41H47N5O5S2. The summed E-state index contributed by atoms with van der Waals surface area (Å²) >= 11 is 2.72. The molecule has 0 bridgehead atoms. The monoisotopic (exact) mass is 753 g/mol. The van der Waals surface area contributed by atoms with Crippen LogP contribution in [0.4, 0.5) is 0 Å². The Hall–Kier alpha value is -4.94. The molecule has 0 saturated heterocycles. The van der Waals surface area contributed by atoms with Crippen LogP contribution in [0, 0.1) is 0 Å². The number of carbonyl (C=O) groups is 3. The number of rotatable bonds is 18. The van der Waals surface area contributed by atoms with Crippen LogP contribution in [-0.4, -0.2) is 56.5 Å². The summed E-state index contributed by atoms with van der Waals surface area (Å²) in [5.74, 6) is -0.792. The number of unbranched alkanes of at least 4 members (excludes halogenated alkanes) is 4. The largest absolute Gasteiger partial charge is 0.494 e. The summed E-state index contributed by atoms with van der Waals surface area (Å²) in [6.07, 6.45) is 9.73. The van der Waals surface area contributed by atoms with E-state index < -0.39 is 29.9 Å². The van der Waals surface area contributed by atoms with Crippen molar-refractivity contribution in [3.05, 3.63) is 105 Å². The highest BCUT2D eigenvalue weighted by Crippen LogP contribution is 2.30. The summed E-state index contributed by atoms with van der Waals surface area (Å²) in [7, 11) is 0. The average molecular weight is 754 g/mol. The number of hydrogen-bond donors (Lipinski definition) is 3. The van der Waals surface area contributed by atoms with E-state index in [1.807, 2.05) is 54.6 Å². The third-order valence-electron chi connectivity index (χ3n) is 8.71. The van der Waals surface area contributed by atoms with E-state index in [9.17, 15) is 19.5 Å². The lowest BCUT2D eigenvalue weighted by atomic mass is 9.95. The molecular weight excluding hydrogens is 707 g/mol. The zero-order valence-corrected chi connectivity index (χ0v) is 32.3. The normalized spacial score (nSPS) is 12.5. The SMILES string of the molecule is CCCCCCCOc1ccc(-c2cnc(-c3ccc(CC(NC(=O)c4ccc(C(C)(C)C)s4)C(=O)NC(Cc4cscn4)C(=O)O)cc3)nc2)cc1. The van der Waals surface area contributed by atoms with Crippen LogP contribution < -0.4 is 15.4 Å². The summed E-state index contributed by atoms with van der Waals surface area (Å²) < 4.78 is 5.90. The maximum Gasteiger partial charge on any atom is 0.326 e. The number of nitrogens with zero attached hydrogens (tertiary/aromatic N) is 3. The van der Waals surface area contributed by atoms with E-state index in [1.54, 1.807) is 29.4 Å². The minimum atomic E-state index is -1.21. The van der Waals surface area contributed by atoms with E-state index in [0.29, 0.717) is 16.4 Å². The van der Waals surface area contributed by atoms with Crippen LogP contribution in [0.5, 0.6) is 5.75 Å². The quantitative estimate of drug-likeness (QED) is 0.0762. The molecule has 2 aromatic carbocycles. The van der Waals surface area contributed by atoms with Crippen LogP contribution in [0.3, 0.4) is 0 Å². The predicted octanol–water partition coefficient (Wildman–Crippen LogP) is 8.13. The summed E-state index contributed by atoms with van der Waals surface area (Å²) in [6.45, 7) is 9.14. The van der Waals surface area contributed by atoms with Crippen molar-refractivity contribution in [1.82, 2.24) is 25.6 Å². The van der Waals surface area contributed by atoms with Gasteiger partial charge in [-0.1, -0.05) is 89.8 Å². The van der Waals surface area contributed by atoms with E-state index in [0.717, 1.165) is 45.9 Å². The average Bonchev–Trinajstić information content (AvgIpc) is 3.87. The van der Waals surface area contributed by atoms with Crippen molar-refractivity contribution in [3.63, 3.8) is 0 Å². The van der Waals surface area contributed by atoms with E-state index in [4.69, 9.17) is 4.74 Å². The molecule has 3 aromatic heterocycles. The molecule has 0 radical (unpaired) electrons. The molecule has 10 nitrogen and oxygen atoms in total. The number of thiophene rings is 1. The molecule has 2 amide bonds. The van der Waals surface area contributed by atoms with Crippen molar-refractivity contribution in [2.75, 3.05) is 6.61 Å². The van der Waals surface area contributed by atoms with Gasteiger partial charge < -0.3 is 20.5 Å². The minimum Gasteiger partial charge on any atom is -0.494 e. The molecule has 5 rings (SSSR count). The molecule has 0 aliphatic carbocycles. The number of nitrogens with one attached hydrogen (secondary N) is 2.